The maximum Gasteiger partial charge on any atom is 0.262 e. The minimum atomic E-state index is -0.849. The molecule has 0 spiro atoms. The summed E-state index contributed by atoms with van der Waals surface area (Å²) in [5.74, 6) is -1.01. The number of carbonyl (C=O) groups is 3. The summed E-state index contributed by atoms with van der Waals surface area (Å²) in [5.41, 5.74) is 3.45. The number of amides is 3. The SMILES string of the molecule is Cc1ccc(NC(=O)[C@@H](CC(C)C)N2C(=O)c3ccccc3C2=O)c(C)c1. The number of fused-ring (bicyclic) bond motifs is 1. The predicted octanol–water partition coefficient (Wildman–Crippen LogP) is 3.95. The summed E-state index contributed by atoms with van der Waals surface area (Å²) in [6.07, 6.45) is 0.405. The third-order valence-corrected chi connectivity index (χ3v) is 4.77. The van der Waals surface area contributed by atoms with E-state index in [-0.39, 0.29) is 11.8 Å². The van der Waals surface area contributed by atoms with Crippen molar-refractivity contribution in [1.82, 2.24) is 4.90 Å². The van der Waals surface area contributed by atoms with Gasteiger partial charge in [-0.3, -0.25) is 19.3 Å². The number of nitrogens with zero attached hydrogens (tertiary/aromatic N) is 1. The van der Waals surface area contributed by atoms with Crippen LogP contribution in [0.5, 0.6) is 0 Å². The number of nitrogens with one attached hydrogen (secondary N) is 1. The number of anilines is 1. The molecule has 0 radical (unpaired) electrons. The molecule has 2 aromatic rings. The lowest BCUT2D eigenvalue weighted by Crippen LogP contribution is -2.48. The van der Waals surface area contributed by atoms with Crippen LogP contribution in [0.4, 0.5) is 5.69 Å². The Morgan fingerprint density at radius 2 is 1.59 bits per heavy atom. The van der Waals surface area contributed by atoms with Gasteiger partial charge in [-0.05, 0) is 49.9 Å². The molecule has 5 heteroatoms. The van der Waals surface area contributed by atoms with E-state index in [0.29, 0.717) is 23.2 Å². The Bertz CT molecular complexity index is 883. The fourth-order valence-electron chi connectivity index (χ4n) is 3.44. The number of carbonyl (C=O) groups excluding carboxylic acids is 3. The van der Waals surface area contributed by atoms with Gasteiger partial charge in [0, 0.05) is 5.69 Å². The molecule has 0 saturated carbocycles. The van der Waals surface area contributed by atoms with Crippen LogP contribution in [0, 0.1) is 19.8 Å². The Kier molecular flexibility index (Phi) is 5.13. The maximum absolute atomic E-state index is 13.1. The van der Waals surface area contributed by atoms with Crippen molar-refractivity contribution in [3.63, 3.8) is 0 Å². The minimum absolute atomic E-state index is 0.143. The molecule has 27 heavy (non-hydrogen) atoms. The Balaban J connectivity index is 1.91. The second-order valence-electron chi connectivity index (χ2n) is 7.48. The number of benzene rings is 2. The Morgan fingerprint density at radius 3 is 2.11 bits per heavy atom. The van der Waals surface area contributed by atoms with Crippen LogP contribution < -0.4 is 5.32 Å². The molecule has 1 aliphatic heterocycles. The van der Waals surface area contributed by atoms with Crippen LogP contribution in [0.25, 0.3) is 0 Å². The van der Waals surface area contributed by atoms with Crippen molar-refractivity contribution in [3.05, 3.63) is 64.7 Å². The van der Waals surface area contributed by atoms with Crippen LogP contribution in [0.1, 0.15) is 52.1 Å². The first-order valence-electron chi connectivity index (χ1n) is 9.14. The highest BCUT2D eigenvalue weighted by Crippen LogP contribution is 2.28. The molecule has 3 amide bonds. The van der Waals surface area contributed by atoms with Crippen molar-refractivity contribution < 1.29 is 14.4 Å². The smallest absolute Gasteiger partial charge is 0.262 e. The maximum atomic E-state index is 13.1. The zero-order chi connectivity index (χ0) is 19.7. The monoisotopic (exact) mass is 364 g/mol. The van der Waals surface area contributed by atoms with Crippen molar-refractivity contribution in [2.24, 2.45) is 5.92 Å². The molecule has 0 aromatic heterocycles. The summed E-state index contributed by atoms with van der Waals surface area (Å²) in [6.45, 7) is 7.84. The summed E-state index contributed by atoms with van der Waals surface area (Å²) >= 11 is 0. The van der Waals surface area contributed by atoms with Gasteiger partial charge in [0.15, 0.2) is 0 Å². The highest BCUT2D eigenvalue weighted by Gasteiger charge is 2.42. The van der Waals surface area contributed by atoms with Gasteiger partial charge in [0.05, 0.1) is 11.1 Å². The van der Waals surface area contributed by atoms with Crippen molar-refractivity contribution in [1.29, 1.82) is 0 Å². The van der Waals surface area contributed by atoms with Gasteiger partial charge in [-0.25, -0.2) is 0 Å². The average Bonchev–Trinajstić information content (AvgIpc) is 2.86. The summed E-state index contributed by atoms with van der Waals surface area (Å²) < 4.78 is 0. The van der Waals surface area contributed by atoms with E-state index in [9.17, 15) is 14.4 Å². The first-order chi connectivity index (χ1) is 12.8. The lowest BCUT2D eigenvalue weighted by Gasteiger charge is -2.27. The van der Waals surface area contributed by atoms with Crippen molar-refractivity contribution in [3.8, 4) is 0 Å². The fourth-order valence-corrected chi connectivity index (χ4v) is 3.44. The van der Waals surface area contributed by atoms with Crippen molar-refractivity contribution in [2.75, 3.05) is 5.32 Å². The lowest BCUT2D eigenvalue weighted by molar-refractivity contribution is -0.120. The van der Waals surface area contributed by atoms with Crippen LogP contribution in [0.3, 0.4) is 0 Å². The minimum Gasteiger partial charge on any atom is -0.324 e. The molecule has 3 rings (SSSR count). The van der Waals surface area contributed by atoms with Crippen LogP contribution in [0.15, 0.2) is 42.5 Å². The topological polar surface area (TPSA) is 66.5 Å². The normalized spacial score (nSPS) is 14.5. The van der Waals surface area contributed by atoms with Gasteiger partial charge in [0.25, 0.3) is 11.8 Å². The molecule has 0 fully saturated rings. The molecule has 1 heterocycles. The number of aryl methyl sites for hydroxylation is 2. The van der Waals surface area contributed by atoms with E-state index in [1.54, 1.807) is 24.3 Å². The molecule has 1 aliphatic rings. The third-order valence-electron chi connectivity index (χ3n) is 4.77. The quantitative estimate of drug-likeness (QED) is 0.817. The molecule has 0 bridgehead atoms. The third kappa shape index (κ3) is 3.63. The van der Waals surface area contributed by atoms with E-state index < -0.39 is 17.9 Å². The van der Waals surface area contributed by atoms with Crippen LogP contribution in [-0.4, -0.2) is 28.7 Å². The Labute approximate surface area is 159 Å². The second-order valence-corrected chi connectivity index (χ2v) is 7.48. The Morgan fingerprint density at radius 1 is 1.00 bits per heavy atom. The Hall–Kier alpha value is -2.95. The van der Waals surface area contributed by atoms with Gasteiger partial charge in [0.1, 0.15) is 6.04 Å². The molecular weight excluding hydrogens is 340 g/mol. The summed E-state index contributed by atoms with van der Waals surface area (Å²) in [5, 5.41) is 2.90. The van der Waals surface area contributed by atoms with Gasteiger partial charge >= 0.3 is 0 Å². The van der Waals surface area contributed by atoms with E-state index >= 15 is 0 Å². The van der Waals surface area contributed by atoms with E-state index in [4.69, 9.17) is 0 Å². The molecule has 0 saturated heterocycles. The van der Waals surface area contributed by atoms with Crippen molar-refractivity contribution >= 4 is 23.4 Å². The molecule has 2 aromatic carbocycles. The summed E-state index contributed by atoms with van der Waals surface area (Å²) in [4.78, 5) is 39.8. The van der Waals surface area contributed by atoms with E-state index in [1.807, 2.05) is 45.9 Å². The van der Waals surface area contributed by atoms with Crippen molar-refractivity contribution in [2.45, 2.75) is 40.2 Å². The van der Waals surface area contributed by atoms with E-state index in [0.717, 1.165) is 16.0 Å². The number of rotatable bonds is 5. The van der Waals surface area contributed by atoms with Crippen LogP contribution in [0.2, 0.25) is 0 Å². The van der Waals surface area contributed by atoms with E-state index in [1.165, 1.54) is 0 Å². The number of imide groups is 1. The van der Waals surface area contributed by atoms with Gasteiger partial charge in [0.2, 0.25) is 5.91 Å². The molecule has 5 nitrogen and oxygen atoms in total. The summed E-state index contributed by atoms with van der Waals surface area (Å²) in [7, 11) is 0. The second kappa shape index (κ2) is 7.35. The largest absolute Gasteiger partial charge is 0.324 e. The average molecular weight is 364 g/mol. The zero-order valence-electron chi connectivity index (χ0n) is 16.1. The van der Waals surface area contributed by atoms with Gasteiger partial charge in [-0.2, -0.15) is 0 Å². The molecule has 0 aliphatic carbocycles. The molecule has 0 unspecified atom stereocenters. The first-order valence-corrected chi connectivity index (χ1v) is 9.14. The zero-order valence-corrected chi connectivity index (χ0v) is 16.1. The number of hydrogen-bond acceptors (Lipinski definition) is 3. The number of hydrogen-bond donors (Lipinski definition) is 1. The van der Waals surface area contributed by atoms with E-state index in [2.05, 4.69) is 5.32 Å². The highest BCUT2D eigenvalue weighted by atomic mass is 16.2. The summed E-state index contributed by atoms with van der Waals surface area (Å²) in [6, 6.07) is 11.6. The molecule has 140 valence electrons. The fraction of sp³-hybridized carbons (Fsp3) is 0.318. The highest BCUT2D eigenvalue weighted by molar-refractivity contribution is 6.23. The van der Waals surface area contributed by atoms with Crippen LogP contribution >= 0.6 is 0 Å². The van der Waals surface area contributed by atoms with Crippen LogP contribution in [-0.2, 0) is 4.79 Å². The van der Waals surface area contributed by atoms with Gasteiger partial charge in [-0.15, -0.1) is 0 Å². The predicted molar refractivity (Wildman–Crippen MR) is 105 cm³/mol. The molecule has 1 atom stereocenters. The molecular formula is C22H24N2O3. The standard InChI is InChI=1S/C22H24N2O3/c1-13(2)11-19(20(25)23-18-10-9-14(3)12-15(18)4)24-21(26)16-7-5-6-8-17(16)22(24)27/h5-10,12-13,19H,11H2,1-4H3,(H,23,25)/t19-/m1/s1. The van der Waals surface area contributed by atoms with Gasteiger partial charge < -0.3 is 5.32 Å². The lowest BCUT2D eigenvalue weighted by atomic mass is 10.0. The first kappa shape index (κ1) is 18.8. The van der Waals surface area contributed by atoms with Gasteiger partial charge in [-0.1, -0.05) is 43.7 Å². The molecule has 1 N–H and O–H groups in total.